The minimum Gasteiger partial charge on any atom is -0.370 e. The van der Waals surface area contributed by atoms with E-state index in [2.05, 4.69) is 13.8 Å². The van der Waals surface area contributed by atoms with Gasteiger partial charge in [-0.1, -0.05) is 117 Å². The Balaban J connectivity index is 1.82. The van der Waals surface area contributed by atoms with Gasteiger partial charge in [0.2, 0.25) is 0 Å². The van der Waals surface area contributed by atoms with Crippen LogP contribution in [-0.2, 0) is 4.74 Å². The highest BCUT2D eigenvalue weighted by molar-refractivity contribution is 4.91. The molecule has 0 aliphatic carbocycles. The fourth-order valence-electron chi connectivity index (χ4n) is 3.68. The van der Waals surface area contributed by atoms with Crippen molar-refractivity contribution < 1.29 is 4.74 Å². The summed E-state index contributed by atoms with van der Waals surface area (Å²) in [5, 5.41) is 0. The van der Waals surface area contributed by atoms with Crippen LogP contribution in [-0.4, -0.2) is 12.2 Å². The molecule has 0 N–H and O–H groups in total. The van der Waals surface area contributed by atoms with Crippen molar-refractivity contribution in [3.63, 3.8) is 0 Å². The summed E-state index contributed by atoms with van der Waals surface area (Å²) >= 11 is 0. The van der Waals surface area contributed by atoms with Gasteiger partial charge in [-0.25, -0.2) is 0 Å². The predicted octanol–water partition coefficient (Wildman–Crippen LogP) is 7.82. The van der Waals surface area contributed by atoms with Gasteiger partial charge in [0.05, 0.1) is 12.2 Å². The molecular formula is C22H44O. The van der Waals surface area contributed by atoms with Gasteiger partial charge >= 0.3 is 0 Å². The summed E-state index contributed by atoms with van der Waals surface area (Å²) in [6.45, 7) is 5.64. The summed E-state index contributed by atoms with van der Waals surface area (Å²) in [5.41, 5.74) is 0.338. The largest absolute Gasteiger partial charge is 0.370 e. The molecule has 1 aliphatic heterocycles. The predicted molar refractivity (Wildman–Crippen MR) is 103 cm³/mol. The molecule has 0 aromatic heterocycles. The first-order valence-electron chi connectivity index (χ1n) is 11.0. The van der Waals surface area contributed by atoms with Gasteiger partial charge in [-0.2, -0.15) is 0 Å². The van der Waals surface area contributed by atoms with Crippen molar-refractivity contribution >= 4 is 0 Å². The van der Waals surface area contributed by atoms with Crippen molar-refractivity contribution in [2.24, 2.45) is 0 Å². The van der Waals surface area contributed by atoms with Gasteiger partial charge in [0.25, 0.3) is 0 Å². The summed E-state index contributed by atoms with van der Waals surface area (Å²) in [6.07, 6.45) is 25.5. The smallest absolute Gasteiger partial charge is 0.0916 e. The van der Waals surface area contributed by atoms with E-state index in [0.29, 0.717) is 5.60 Å². The van der Waals surface area contributed by atoms with Crippen LogP contribution in [0.15, 0.2) is 0 Å². The molecule has 0 spiro atoms. The molecule has 138 valence electrons. The van der Waals surface area contributed by atoms with Crippen LogP contribution in [0.5, 0.6) is 0 Å². The molecule has 23 heavy (non-hydrogen) atoms. The van der Waals surface area contributed by atoms with Crippen molar-refractivity contribution in [2.45, 2.75) is 135 Å². The fraction of sp³-hybridized carbons (Fsp3) is 1.00. The van der Waals surface area contributed by atoms with Gasteiger partial charge in [0.1, 0.15) is 0 Å². The Morgan fingerprint density at radius 1 is 0.522 bits per heavy atom. The maximum absolute atomic E-state index is 5.81. The molecule has 0 aromatic carbocycles. The van der Waals surface area contributed by atoms with Crippen LogP contribution in [0.3, 0.4) is 0 Å². The first-order valence-corrected chi connectivity index (χ1v) is 11.0. The van der Waals surface area contributed by atoms with Crippen LogP contribution in [0.4, 0.5) is 0 Å². The van der Waals surface area contributed by atoms with Crippen LogP contribution < -0.4 is 0 Å². The van der Waals surface area contributed by atoms with E-state index in [0.717, 1.165) is 6.61 Å². The van der Waals surface area contributed by atoms with Crippen LogP contribution in [0.25, 0.3) is 0 Å². The minimum absolute atomic E-state index is 0.338. The van der Waals surface area contributed by atoms with E-state index < -0.39 is 0 Å². The Labute approximate surface area is 147 Å². The topological polar surface area (TPSA) is 12.5 Å². The van der Waals surface area contributed by atoms with Gasteiger partial charge < -0.3 is 4.74 Å². The van der Waals surface area contributed by atoms with Gasteiger partial charge in [0.15, 0.2) is 0 Å². The molecule has 0 amide bonds. The van der Waals surface area contributed by atoms with Crippen LogP contribution in [0.2, 0.25) is 0 Å². The second-order valence-corrected chi connectivity index (χ2v) is 7.92. The van der Waals surface area contributed by atoms with E-state index in [4.69, 9.17) is 4.74 Å². The van der Waals surface area contributed by atoms with E-state index in [1.165, 1.54) is 116 Å². The normalized spacial score (nSPS) is 20.1. The number of hydrogen-bond donors (Lipinski definition) is 0. The molecule has 0 aromatic rings. The summed E-state index contributed by atoms with van der Waals surface area (Å²) in [4.78, 5) is 0. The number of epoxide rings is 1. The quantitative estimate of drug-likeness (QED) is 0.185. The first-order chi connectivity index (χ1) is 11.3. The Bertz CT molecular complexity index is 244. The highest BCUT2D eigenvalue weighted by atomic mass is 16.6. The Kier molecular flexibility index (Phi) is 13.1. The zero-order valence-electron chi connectivity index (χ0n) is 16.3. The number of ether oxygens (including phenoxy) is 1. The van der Waals surface area contributed by atoms with Gasteiger partial charge in [-0.15, -0.1) is 0 Å². The number of rotatable bonds is 18. The van der Waals surface area contributed by atoms with Crippen molar-refractivity contribution in [1.29, 1.82) is 0 Å². The van der Waals surface area contributed by atoms with E-state index >= 15 is 0 Å². The minimum atomic E-state index is 0.338. The lowest BCUT2D eigenvalue weighted by Crippen LogP contribution is -2.10. The van der Waals surface area contributed by atoms with E-state index in [1.54, 1.807) is 0 Å². The molecule has 0 bridgehead atoms. The van der Waals surface area contributed by atoms with E-state index in [1.807, 2.05) is 0 Å². The average Bonchev–Trinajstić information content (AvgIpc) is 3.33. The zero-order valence-corrected chi connectivity index (χ0v) is 16.3. The highest BCUT2D eigenvalue weighted by Crippen LogP contribution is 2.38. The third-order valence-corrected chi connectivity index (χ3v) is 5.52. The molecule has 0 radical (unpaired) electrons. The fourth-order valence-corrected chi connectivity index (χ4v) is 3.68. The molecule has 1 heterocycles. The molecule has 1 unspecified atom stereocenters. The van der Waals surface area contributed by atoms with Crippen LogP contribution >= 0.6 is 0 Å². The van der Waals surface area contributed by atoms with E-state index in [9.17, 15) is 0 Å². The van der Waals surface area contributed by atoms with Crippen molar-refractivity contribution in [1.82, 2.24) is 0 Å². The summed E-state index contributed by atoms with van der Waals surface area (Å²) in [6, 6.07) is 0. The Hall–Kier alpha value is -0.0400. The summed E-state index contributed by atoms with van der Waals surface area (Å²) in [5.74, 6) is 0. The lowest BCUT2D eigenvalue weighted by Gasteiger charge is -2.11. The van der Waals surface area contributed by atoms with E-state index in [-0.39, 0.29) is 0 Å². The SMILES string of the molecule is CCCCCCCCCCCCC1(CCCCCCCC)CO1. The zero-order chi connectivity index (χ0) is 16.6. The molecule has 1 fully saturated rings. The number of hydrogen-bond acceptors (Lipinski definition) is 1. The monoisotopic (exact) mass is 324 g/mol. The van der Waals surface area contributed by atoms with Gasteiger partial charge in [-0.3, -0.25) is 0 Å². The van der Waals surface area contributed by atoms with Gasteiger partial charge in [-0.05, 0) is 12.8 Å². The van der Waals surface area contributed by atoms with Gasteiger partial charge in [0, 0.05) is 0 Å². The molecule has 1 aliphatic rings. The molecule has 1 heteroatoms. The maximum atomic E-state index is 5.81. The molecule has 0 saturated carbocycles. The van der Waals surface area contributed by atoms with Crippen molar-refractivity contribution in [3.05, 3.63) is 0 Å². The number of unbranched alkanes of at least 4 members (excludes halogenated alkanes) is 14. The Morgan fingerprint density at radius 3 is 1.13 bits per heavy atom. The molecule has 1 atom stereocenters. The third kappa shape index (κ3) is 12.0. The molecular weight excluding hydrogens is 280 g/mol. The lowest BCUT2D eigenvalue weighted by molar-refractivity contribution is 0.260. The summed E-state index contributed by atoms with van der Waals surface area (Å²) in [7, 11) is 0. The van der Waals surface area contributed by atoms with Crippen LogP contribution in [0.1, 0.15) is 129 Å². The standard InChI is InChI=1S/C22H44O/c1-3-5-7-9-11-12-13-14-16-18-20-22(21-23-22)19-17-15-10-8-6-4-2/h3-21H2,1-2H3. The maximum Gasteiger partial charge on any atom is 0.0916 e. The highest BCUT2D eigenvalue weighted by Gasteiger charge is 2.42. The first kappa shape index (κ1) is 21.0. The lowest BCUT2D eigenvalue weighted by atomic mass is 9.94. The second-order valence-electron chi connectivity index (χ2n) is 7.92. The second kappa shape index (κ2) is 14.3. The molecule has 1 saturated heterocycles. The third-order valence-electron chi connectivity index (χ3n) is 5.52. The Morgan fingerprint density at radius 2 is 0.826 bits per heavy atom. The van der Waals surface area contributed by atoms with Crippen molar-refractivity contribution in [3.8, 4) is 0 Å². The molecule has 1 rings (SSSR count). The van der Waals surface area contributed by atoms with Crippen molar-refractivity contribution in [2.75, 3.05) is 6.61 Å². The molecule has 1 nitrogen and oxygen atoms in total. The van der Waals surface area contributed by atoms with Crippen LogP contribution in [0, 0.1) is 0 Å². The summed E-state index contributed by atoms with van der Waals surface area (Å²) < 4.78 is 5.81. The average molecular weight is 325 g/mol.